The summed E-state index contributed by atoms with van der Waals surface area (Å²) in [5, 5.41) is 0.0832. The molecule has 1 aliphatic heterocycles. The summed E-state index contributed by atoms with van der Waals surface area (Å²) in [6.45, 7) is 2.47. The smallest absolute Gasteiger partial charge is 0.309 e. The Bertz CT molecular complexity index is 581. The van der Waals surface area contributed by atoms with Crippen molar-refractivity contribution in [2.45, 2.75) is 31.2 Å². The number of esters is 1. The molecule has 1 aliphatic rings. The van der Waals surface area contributed by atoms with Crippen molar-refractivity contribution in [3.63, 3.8) is 0 Å². The maximum atomic E-state index is 12.5. The first-order valence-corrected chi connectivity index (χ1v) is 8.05. The number of H-pyrrole nitrogens is 1. The molecule has 0 radical (unpaired) electrons. The molecular weight excluding hydrogens is 282 g/mol. The molecule has 0 spiro atoms. The van der Waals surface area contributed by atoms with E-state index in [1.807, 2.05) is 6.92 Å². The summed E-state index contributed by atoms with van der Waals surface area (Å²) in [4.78, 5) is 18.4. The number of carbonyl (C=O) groups is 1. The zero-order valence-corrected chi connectivity index (χ0v) is 12.4. The van der Waals surface area contributed by atoms with Crippen LogP contribution in [-0.4, -0.2) is 48.9 Å². The minimum Gasteiger partial charge on any atom is -0.469 e. The second-order valence-electron chi connectivity index (χ2n) is 4.77. The summed E-state index contributed by atoms with van der Waals surface area (Å²) in [6.07, 6.45) is 3.27. The number of imidazole rings is 1. The number of aromatic nitrogens is 2. The molecule has 0 aliphatic carbocycles. The van der Waals surface area contributed by atoms with Crippen molar-refractivity contribution < 1.29 is 17.9 Å². The summed E-state index contributed by atoms with van der Waals surface area (Å²) >= 11 is 0. The van der Waals surface area contributed by atoms with Gasteiger partial charge in [0.1, 0.15) is 5.82 Å². The van der Waals surface area contributed by atoms with Gasteiger partial charge >= 0.3 is 5.97 Å². The minimum absolute atomic E-state index is 0.0832. The van der Waals surface area contributed by atoms with Crippen LogP contribution in [0.4, 0.5) is 0 Å². The molecule has 1 fully saturated rings. The van der Waals surface area contributed by atoms with Gasteiger partial charge in [-0.3, -0.25) is 4.79 Å². The number of piperidine rings is 1. The van der Waals surface area contributed by atoms with Crippen LogP contribution in [-0.2, 0) is 26.0 Å². The fraction of sp³-hybridized carbons (Fsp3) is 0.667. The van der Waals surface area contributed by atoms with Crippen molar-refractivity contribution >= 4 is 16.0 Å². The summed E-state index contributed by atoms with van der Waals surface area (Å²) in [5.41, 5.74) is 0. The lowest BCUT2D eigenvalue weighted by atomic mass is 10.0. The van der Waals surface area contributed by atoms with Gasteiger partial charge in [-0.05, 0) is 12.8 Å². The predicted molar refractivity (Wildman–Crippen MR) is 71.5 cm³/mol. The maximum Gasteiger partial charge on any atom is 0.309 e. The molecule has 1 unspecified atom stereocenters. The molecule has 0 aromatic carbocycles. The third-order valence-electron chi connectivity index (χ3n) is 3.48. The van der Waals surface area contributed by atoms with E-state index in [0.29, 0.717) is 31.6 Å². The van der Waals surface area contributed by atoms with E-state index < -0.39 is 15.9 Å². The number of aromatic amines is 1. The molecule has 112 valence electrons. The van der Waals surface area contributed by atoms with Gasteiger partial charge in [0.15, 0.2) is 5.03 Å². The molecule has 0 amide bonds. The van der Waals surface area contributed by atoms with E-state index in [9.17, 15) is 13.2 Å². The lowest BCUT2D eigenvalue weighted by Gasteiger charge is -2.29. The molecule has 1 aromatic rings. The number of rotatable bonds is 4. The summed E-state index contributed by atoms with van der Waals surface area (Å²) in [7, 11) is -2.30. The minimum atomic E-state index is -3.62. The van der Waals surface area contributed by atoms with Gasteiger partial charge in [0, 0.05) is 19.5 Å². The van der Waals surface area contributed by atoms with Crippen molar-refractivity contribution in [1.29, 1.82) is 0 Å². The topological polar surface area (TPSA) is 92.4 Å². The highest BCUT2D eigenvalue weighted by atomic mass is 32.2. The van der Waals surface area contributed by atoms with Crippen LogP contribution < -0.4 is 0 Å². The van der Waals surface area contributed by atoms with Gasteiger partial charge in [0.25, 0.3) is 10.0 Å². The number of ether oxygens (including phenoxy) is 1. The lowest BCUT2D eigenvalue weighted by molar-refractivity contribution is -0.146. The lowest BCUT2D eigenvalue weighted by Crippen LogP contribution is -2.42. The SMILES string of the molecule is CCc1ncc(S(=O)(=O)N2CCCC(C(=O)OC)C2)[nH]1. The third-order valence-corrected chi connectivity index (χ3v) is 5.25. The number of carbonyl (C=O) groups excluding carboxylic acids is 1. The Morgan fingerprint density at radius 2 is 2.35 bits per heavy atom. The van der Waals surface area contributed by atoms with E-state index in [1.165, 1.54) is 17.6 Å². The molecule has 8 heteroatoms. The highest BCUT2D eigenvalue weighted by molar-refractivity contribution is 7.89. The number of aryl methyl sites for hydroxylation is 1. The van der Waals surface area contributed by atoms with Gasteiger partial charge in [0.2, 0.25) is 0 Å². The molecule has 1 N–H and O–H groups in total. The molecule has 1 aromatic heterocycles. The molecule has 1 atom stereocenters. The van der Waals surface area contributed by atoms with Crippen molar-refractivity contribution in [1.82, 2.24) is 14.3 Å². The molecular formula is C12H19N3O4S. The fourth-order valence-electron chi connectivity index (χ4n) is 2.31. The monoisotopic (exact) mass is 301 g/mol. The zero-order valence-electron chi connectivity index (χ0n) is 11.6. The molecule has 20 heavy (non-hydrogen) atoms. The predicted octanol–water partition coefficient (Wildman–Crippen LogP) is 0.546. The van der Waals surface area contributed by atoms with E-state index in [2.05, 4.69) is 9.97 Å². The second kappa shape index (κ2) is 5.92. The molecule has 7 nitrogen and oxygen atoms in total. The van der Waals surface area contributed by atoms with Gasteiger partial charge in [0.05, 0.1) is 19.2 Å². The standard InChI is InChI=1S/C12H19N3O4S/c1-3-10-13-7-11(14-10)20(17,18)15-6-4-5-9(8-15)12(16)19-2/h7,9H,3-6,8H2,1-2H3,(H,13,14). The summed E-state index contributed by atoms with van der Waals surface area (Å²) in [5.74, 6) is -0.119. The first-order chi connectivity index (χ1) is 9.48. The highest BCUT2D eigenvalue weighted by Crippen LogP contribution is 2.23. The fourth-order valence-corrected chi connectivity index (χ4v) is 3.77. The Balaban J connectivity index is 2.18. The Morgan fingerprint density at radius 3 is 2.95 bits per heavy atom. The van der Waals surface area contributed by atoms with Gasteiger partial charge in [-0.1, -0.05) is 6.92 Å². The normalized spacial score (nSPS) is 20.8. The Morgan fingerprint density at radius 1 is 1.60 bits per heavy atom. The zero-order chi connectivity index (χ0) is 14.8. The van der Waals surface area contributed by atoms with Crippen LogP contribution in [0.25, 0.3) is 0 Å². The first kappa shape index (κ1) is 15.0. The van der Waals surface area contributed by atoms with E-state index in [-0.39, 0.29) is 17.5 Å². The molecule has 1 saturated heterocycles. The Labute approximate surface area is 118 Å². The van der Waals surface area contributed by atoms with Crippen LogP contribution in [0.2, 0.25) is 0 Å². The van der Waals surface area contributed by atoms with Crippen LogP contribution in [0.15, 0.2) is 11.2 Å². The van der Waals surface area contributed by atoms with Crippen LogP contribution in [0, 0.1) is 5.92 Å². The molecule has 2 heterocycles. The number of methoxy groups -OCH3 is 1. The average Bonchev–Trinajstić information content (AvgIpc) is 2.96. The van der Waals surface area contributed by atoms with Crippen LogP contribution in [0.1, 0.15) is 25.6 Å². The number of hydrogen-bond donors (Lipinski definition) is 1. The van der Waals surface area contributed by atoms with Crippen molar-refractivity contribution in [2.24, 2.45) is 5.92 Å². The third kappa shape index (κ3) is 2.85. The van der Waals surface area contributed by atoms with Crippen molar-refractivity contribution in [3.8, 4) is 0 Å². The number of nitrogens with one attached hydrogen (secondary N) is 1. The quantitative estimate of drug-likeness (QED) is 0.820. The number of sulfonamides is 1. The molecule has 0 saturated carbocycles. The highest BCUT2D eigenvalue weighted by Gasteiger charge is 2.34. The Kier molecular flexibility index (Phi) is 4.44. The van der Waals surface area contributed by atoms with Crippen molar-refractivity contribution in [2.75, 3.05) is 20.2 Å². The molecule has 2 rings (SSSR count). The van der Waals surface area contributed by atoms with Gasteiger partial charge in [-0.25, -0.2) is 13.4 Å². The van der Waals surface area contributed by atoms with E-state index >= 15 is 0 Å². The second-order valence-corrected chi connectivity index (χ2v) is 6.68. The van der Waals surface area contributed by atoms with Gasteiger partial charge < -0.3 is 9.72 Å². The van der Waals surface area contributed by atoms with Crippen LogP contribution in [0.3, 0.4) is 0 Å². The number of nitrogens with zero attached hydrogens (tertiary/aromatic N) is 2. The Hall–Kier alpha value is -1.41. The van der Waals surface area contributed by atoms with E-state index in [0.717, 1.165) is 0 Å². The summed E-state index contributed by atoms with van der Waals surface area (Å²) < 4.78 is 31.0. The average molecular weight is 301 g/mol. The van der Waals surface area contributed by atoms with Gasteiger partial charge in [-0.15, -0.1) is 0 Å². The van der Waals surface area contributed by atoms with Crippen molar-refractivity contribution in [3.05, 3.63) is 12.0 Å². The molecule has 0 bridgehead atoms. The first-order valence-electron chi connectivity index (χ1n) is 6.61. The van der Waals surface area contributed by atoms with Crippen LogP contribution in [0.5, 0.6) is 0 Å². The summed E-state index contributed by atoms with van der Waals surface area (Å²) in [6, 6.07) is 0. The van der Waals surface area contributed by atoms with E-state index in [1.54, 1.807) is 0 Å². The van der Waals surface area contributed by atoms with Gasteiger partial charge in [-0.2, -0.15) is 4.31 Å². The maximum absolute atomic E-state index is 12.5. The number of hydrogen-bond acceptors (Lipinski definition) is 5. The largest absolute Gasteiger partial charge is 0.469 e. The van der Waals surface area contributed by atoms with Crippen LogP contribution >= 0.6 is 0 Å². The van der Waals surface area contributed by atoms with E-state index in [4.69, 9.17) is 4.74 Å².